The molecule has 4 aliphatic rings. The number of fused-ring (bicyclic) bond motifs is 16. The SMILES string of the molecule is O=C(Nc1cccc(-c2c3nc(c(-c4ccccc4)c4ccc([nH]4)c(-c4ccccc4)c4nc(c(-c5ccccc5)c5ccc2[nH]5)C=C4)C=C3)c1)c1cc(Cl)cc(C(=O)Nc2cccc(-c3c4nc(c(-c5ccccc5)c5ccc([nH]5)c(-c5ccccc5)c5nc(c(-c6ccccc6)c6ccc3[nH]6)C=C5)C=C4)c2)n1. The maximum absolute atomic E-state index is 14.7. The summed E-state index contributed by atoms with van der Waals surface area (Å²) >= 11 is 6.87. The first-order valence-electron chi connectivity index (χ1n) is 35.9. The van der Waals surface area contributed by atoms with E-state index in [2.05, 4.69) is 218 Å². The van der Waals surface area contributed by atoms with Gasteiger partial charge in [0.1, 0.15) is 11.4 Å². The largest absolute Gasteiger partial charge is 0.354 e. The van der Waals surface area contributed by atoms with Crippen molar-refractivity contribution in [2.45, 2.75) is 0 Å². The highest BCUT2D eigenvalue weighted by Crippen LogP contribution is 2.43. The number of benzene rings is 8. The Bertz CT molecular complexity index is 6220. The number of aromatic amines is 4. The van der Waals surface area contributed by atoms with E-state index < -0.39 is 11.8 Å². The fourth-order valence-corrected chi connectivity index (χ4v) is 15.3. The summed E-state index contributed by atoms with van der Waals surface area (Å²) in [5.74, 6) is -1.16. The molecule has 15 aromatic rings. The van der Waals surface area contributed by atoms with Crippen LogP contribution < -0.4 is 10.6 Å². The Hall–Kier alpha value is -14.7. The number of anilines is 2. The average Bonchev–Trinajstić information content (AvgIpc) is 1.62. The molecule has 7 aromatic heterocycles. The van der Waals surface area contributed by atoms with E-state index in [4.69, 9.17) is 31.5 Å². The topological polar surface area (TPSA) is 186 Å². The van der Waals surface area contributed by atoms with Crippen LogP contribution in [0.4, 0.5) is 11.4 Å². The lowest BCUT2D eigenvalue weighted by molar-refractivity contribution is 0.101. The Balaban J connectivity index is 0.687. The van der Waals surface area contributed by atoms with Crippen LogP contribution >= 0.6 is 11.6 Å². The summed E-state index contributed by atoms with van der Waals surface area (Å²) in [4.78, 5) is 71.3. The van der Waals surface area contributed by atoms with Crippen molar-refractivity contribution in [3.63, 3.8) is 0 Å². The van der Waals surface area contributed by atoms with Gasteiger partial charge in [0.2, 0.25) is 0 Å². The van der Waals surface area contributed by atoms with Crippen molar-refractivity contribution in [2.75, 3.05) is 10.6 Å². The molecule has 109 heavy (non-hydrogen) atoms. The fourth-order valence-electron chi connectivity index (χ4n) is 15.1. The molecule has 0 aliphatic carbocycles. The zero-order valence-corrected chi connectivity index (χ0v) is 59.0. The highest BCUT2D eigenvalue weighted by atomic mass is 35.5. The van der Waals surface area contributed by atoms with Crippen LogP contribution in [0.25, 0.3) is 182 Å². The predicted molar refractivity (Wildman–Crippen MR) is 446 cm³/mol. The molecule has 0 saturated carbocycles. The summed E-state index contributed by atoms with van der Waals surface area (Å²) in [5, 5.41) is 6.32. The molecular formula is C95H62ClN11O2. The molecule has 0 spiro atoms. The third-order valence-electron chi connectivity index (χ3n) is 20.0. The molecule has 4 aliphatic heterocycles. The van der Waals surface area contributed by atoms with Crippen LogP contribution in [0.15, 0.2) is 291 Å². The normalized spacial score (nSPS) is 12.0. The molecule has 11 heterocycles. The lowest BCUT2D eigenvalue weighted by Crippen LogP contribution is -2.18. The number of carbonyl (C=O) groups excluding carboxylic acids is 2. The van der Waals surface area contributed by atoms with Crippen molar-refractivity contribution in [1.29, 1.82) is 0 Å². The molecule has 6 N–H and O–H groups in total. The fraction of sp³-hybridized carbons (Fsp3) is 0. The first-order chi connectivity index (χ1) is 53.7. The molecule has 13 nitrogen and oxygen atoms in total. The van der Waals surface area contributed by atoms with Crippen molar-refractivity contribution in [1.82, 2.24) is 44.9 Å². The van der Waals surface area contributed by atoms with E-state index in [-0.39, 0.29) is 16.4 Å². The summed E-state index contributed by atoms with van der Waals surface area (Å²) in [5.41, 5.74) is 28.5. The van der Waals surface area contributed by atoms with Gasteiger partial charge in [-0.1, -0.05) is 218 Å². The Labute approximate surface area is 630 Å². The van der Waals surface area contributed by atoms with Gasteiger partial charge in [0.25, 0.3) is 11.8 Å². The molecule has 516 valence electrons. The first kappa shape index (κ1) is 65.1. The van der Waals surface area contributed by atoms with Crippen LogP contribution in [0.1, 0.15) is 66.5 Å². The average molecular weight is 1430 g/mol. The number of nitrogens with one attached hydrogen (secondary N) is 6. The molecule has 19 rings (SSSR count). The second kappa shape index (κ2) is 27.8. The molecule has 2 amide bonds. The highest BCUT2D eigenvalue weighted by molar-refractivity contribution is 6.31. The number of carbonyl (C=O) groups is 2. The maximum atomic E-state index is 14.7. The van der Waals surface area contributed by atoms with Gasteiger partial charge >= 0.3 is 0 Å². The molecule has 0 saturated heterocycles. The predicted octanol–water partition coefficient (Wildman–Crippen LogP) is 23.5. The number of hydrogen-bond donors (Lipinski definition) is 6. The van der Waals surface area contributed by atoms with Crippen LogP contribution in [0.2, 0.25) is 5.02 Å². The van der Waals surface area contributed by atoms with Crippen molar-refractivity contribution in [3.8, 4) is 89.0 Å². The molecule has 0 fully saturated rings. The first-order valence-corrected chi connectivity index (χ1v) is 36.3. The molecular weight excluding hydrogens is 1360 g/mol. The Morgan fingerprint density at radius 2 is 0.431 bits per heavy atom. The van der Waals surface area contributed by atoms with Crippen LogP contribution in [-0.4, -0.2) is 56.7 Å². The Morgan fingerprint density at radius 3 is 0.651 bits per heavy atom. The van der Waals surface area contributed by atoms with Gasteiger partial charge in [-0.3, -0.25) is 9.59 Å². The van der Waals surface area contributed by atoms with Crippen molar-refractivity contribution >= 4 is 128 Å². The van der Waals surface area contributed by atoms with Crippen LogP contribution in [0, 0.1) is 0 Å². The number of hydrogen-bond acceptors (Lipinski definition) is 7. The van der Waals surface area contributed by atoms with Gasteiger partial charge in [0, 0.05) is 105 Å². The van der Waals surface area contributed by atoms with E-state index >= 15 is 0 Å². The van der Waals surface area contributed by atoms with Crippen molar-refractivity contribution in [3.05, 3.63) is 353 Å². The van der Waals surface area contributed by atoms with Gasteiger partial charge in [0.15, 0.2) is 0 Å². The van der Waals surface area contributed by atoms with Crippen molar-refractivity contribution < 1.29 is 9.59 Å². The van der Waals surface area contributed by atoms with Crippen LogP contribution in [-0.2, 0) is 0 Å². The minimum absolute atomic E-state index is 0.0668. The van der Waals surface area contributed by atoms with Crippen LogP contribution in [0.3, 0.4) is 0 Å². The van der Waals surface area contributed by atoms with Gasteiger partial charge in [-0.2, -0.15) is 0 Å². The Morgan fingerprint density at radius 1 is 0.229 bits per heavy atom. The molecule has 0 atom stereocenters. The quantitative estimate of drug-likeness (QED) is 0.0703. The monoisotopic (exact) mass is 1420 g/mol. The van der Waals surface area contributed by atoms with Gasteiger partial charge in [-0.25, -0.2) is 24.9 Å². The van der Waals surface area contributed by atoms with Gasteiger partial charge in [-0.05, 0) is 178 Å². The van der Waals surface area contributed by atoms with Gasteiger partial charge in [0.05, 0.1) is 45.6 Å². The summed E-state index contributed by atoms with van der Waals surface area (Å²) in [6, 6.07) is 96.8. The number of rotatable bonds is 12. The zero-order valence-electron chi connectivity index (χ0n) is 58.3. The Kier molecular flexibility index (Phi) is 16.6. The number of H-pyrrole nitrogens is 4. The van der Waals surface area contributed by atoms with E-state index in [1.807, 2.05) is 146 Å². The molecule has 8 aromatic carbocycles. The van der Waals surface area contributed by atoms with E-state index in [1.165, 1.54) is 12.1 Å². The second-order valence-electron chi connectivity index (χ2n) is 26.8. The van der Waals surface area contributed by atoms with Gasteiger partial charge in [-0.15, -0.1) is 0 Å². The number of aromatic nitrogens is 9. The lowest BCUT2D eigenvalue weighted by Gasteiger charge is -2.11. The number of halogens is 1. The second-order valence-corrected chi connectivity index (χ2v) is 27.3. The maximum Gasteiger partial charge on any atom is 0.274 e. The summed E-state index contributed by atoms with van der Waals surface area (Å²) < 4.78 is 0. The highest BCUT2D eigenvalue weighted by Gasteiger charge is 2.24. The number of amides is 2. The van der Waals surface area contributed by atoms with Crippen molar-refractivity contribution in [2.24, 2.45) is 0 Å². The zero-order chi connectivity index (χ0) is 72.9. The van der Waals surface area contributed by atoms with E-state index in [9.17, 15) is 9.59 Å². The van der Waals surface area contributed by atoms with E-state index in [0.717, 1.165) is 167 Å². The van der Waals surface area contributed by atoms with E-state index in [0.29, 0.717) is 22.8 Å². The molecule has 14 heteroatoms. The summed E-state index contributed by atoms with van der Waals surface area (Å²) in [6.07, 6.45) is 16.6. The summed E-state index contributed by atoms with van der Waals surface area (Å²) in [7, 11) is 0. The number of nitrogens with zero attached hydrogens (tertiary/aromatic N) is 5. The van der Waals surface area contributed by atoms with E-state index in [1.54, 1.807) is 0 Å². The molecule has 16 bridgehead atoms. The van der Waals surface area contributed by atoms with Gasteiger partial charge < -0.3 is 30.6 Å². The lowest BCUT2D eigenvalue weighted by atomic mass is 10.0. The molecule has 0 unspecified atom stereocenters. The third kappa shape index (κ3) is 12.5. The number of pyridine rings is 1. The summed E-state index contributed by atoms with van der Waals surface area (Å²) in [6.45, 7) is 0. The standard InChI is InChI=1S/C95H62ClN11O2/c96-65-55-84(94(108)97-66-35-19-33-63(53-66)92-80-49-45-76(103-80)88(59-25-11-3-12-26-59)72-41-37-68(99-72)86(57-21-7-1-8-22-57)69-38-42-73(100-69)89(60-27-13-4-14-28-60)77-46-50-81(92)104-77)107-85(56-65)95(109)98-67-36-20-34-64(54-67)93-82-51-47-78(105-82)90(61-29-15-5-16-30-61)74-43-39-70(101-74)87(58-23-9-2-10-24-58)71-40-44-75(102-71)91(62-31-17-6-18-32-62)79-48-52-83(93)106-79/h1-56,99,101,104,106H,(H,97,108)(H,98,109). The molecule has 0 radical (unpaired) electrons. The smallest absolute Gasteiger partial charge is 0.274 e. The third-order valence-corrected chi connectivity index (χ3v) is 20.2. The van der Waals surface area contributed by atoms with Crippen LogP contribution in [0.5, 0.6) is 0 Å². The minimum atomic E-state index is -0.580. The minimum Gasteiger partial charge on any atom is -0.354 e.